The van der Waals surface area contributed by atoms with Gasteiger partial charge in [-0.05, 0) is 68.9 Å². The third-order valence-electron chi connectivity index (χ3n) is 7.26. The first-order valence-electron chi connectivity index (χ1n) is 12.7. The number of urea groups is 1. The third kappa shape index (κ3) is 4.97. The molecule has 8 nitrogen and oxygen atoms in total. The molecule has 1 fully saturated rings. The molecule has 0 unspecified atom stereocenters. The second-order valence-corrected chi connectivity index (χ2v) is 9.74. The monoisotopic (exact) mass is 465 g/mol. The van der Waals surface area contributed by atoms with Crippen LogP contribution in [0.25, 0.3) is 0 Å². The molecule has 1 aromatic carbocycles. The van der Waals surface area contributed by atoms with Crippen LogP contribution in [0.3, 0.4) is 0 Å². The normalized spacial score (nSPS) is 19.9. The average Bonchev–Trinajstić information content (AvgIpc) is 2.84. The summed E-state index contributed by atoms with van der Waals surface area (Å²) >= 11 is 0. The maximum absolute atomic E-state index is 12.6. The zero-order chi connectivity index (χ0) is 24.2. The molecule has 8 heteroatoms. The minimum atomic E-state index is -0.402. The number of hydrogen-bond acceptors (Lipinski definition) is 6. The molecule has 2 aromatic rings. The quantitative estimate of drug-likeness (QED) is 0.574. The molecular formula is C26H39N7O. The Morgan fingerprint density at radius 3 is 2.44 bits per heavy atom. The van der Waals surface area contributed by atoms with E-state index in [2.05, 4.69) is 23.2 Å². The van der Waals surface area contributed by atoms with Gasteiger partial charge in [0.15, 0.2) is 0 Å². The lowest BCUT2D eigenvalue weighted by Crippen LogP contribution is -2.47. The van der Waals surface area contributed by atoms with Crippen molar-refractivity contribution in [2.75, 3.05) is 29.2 Å². The topological polar surface area (TPSA) is 113 Å². The van der Waals surface area contributed by atoms with Gasteiger partial charge in [0.1, 0.15) is 5.82 Å². The van der Waals surface area contributed by atoms with Crippen molar-refractivity contribution in [2.24, 2.45) is 11.5 Å². The Balaban J connectivity index is 1.49. The number of carbonyl (C=O) groups is 1. The Morgan fingerprint density at radius 2 is 1.79 bits per heavy atom. The number of anilines is 3. The molecule has 0 aliphatic heterocycles. The number of benzene rings is 1. The van der Waals surface area contributed by atoms with E-state index >= 15 is 0 Å². The Kier molecular flexibility index (Phi) is 7.56. The smallest absolute Gasteiger partial charge is 0.319 e. The van der Waals surface area contributed by atoms with Crippen molar-refractivity contribution < 1.29 is 4.79 Å². The fourth-order valence-corrected chi connectivity index (χ4v) is 5.55. The highest BCUT2D eigenvalue weighted by Crippen LogP contribution is 2.34. The largest absolute Gasteiger partial charge is 0.362 e. The fraction of sp³-hybridized carbons (Fsp3) is 0.577. The van der Waals surface area contributed by atoms with Gasteiger partial charge < -0.3 is 21.7 Å². The second-order valence-electron chi connectivity index (χ2n) is 9.74. The Labute approximate surface area is 203 Å². The molecule has 1 aromatic heterocycles. The molecule has 0 radical (unpaired) electrons. The van der Waals surface area contributed by atoms with Crippen LogP contribution in [0.5, 0.6) is 0 Å². The number of fused-ring (bicyclic) bond motifs is 1. The van der Waals surface area contributed by atoms with Gasteiger partial charge in [0, 0.05) is 38.3 Å². The standard InChI is InChI=1S/C26H39N7O/c1-4-17-8-7-9-18(16-27)23(17)33(25(28)34)20-14-12-19(13-15-20)29-26-30-22-11-6-5-10-21(22)24(31-26)32(2)3/h7-9,19-20H,4-6,10-16,27H2,1-3H3,(H2,28,34)(H,29,30,31)/t19-,20+. The summed E-state index contributed by atoms with van der Waals surface area (Å²) < 4.78 is 0. The first-order chi connectivity index (χ1) is 16.4. The number of aromatic nitrogens is 2. The highest BCUT2D eigenvalue weighted by molar-refractivity contribution is 5.93. The van der Waals surface area contributed by atoms with Gasteiger partial charge in [0.2, 0.25) is 5.95 Å². The second kappa shape index (κ2) is 10.6. The van der Waals surface area contributed by atoms with E-state index in [1.54, 1.807) is 4.90 Å². The Morgan fingerprint density at radius 1 is 1.09 bits per heavy atom. The molecule has 5 N–H and O–H groups in total. The summed E-state index contributed by atoms with van der Waals surface area (Å²) in [6, 6.07) is 6.00. The summed E-state index contributed by atoms with van der Waals surface area (Å²) in [5.74, 6) is 1.76. The number of rotatable bonds is 7. The van der Waals surface area contributed by atoms with Crippen molar-refractivity contribution in [3.63, 3.8) is 0 Å². The molecule has 2 amide bonds. The zero-order valence-corrected chi connectivity index (χ0v) is 20.8. The van der Waals surface area contributed by atoms with Gasteiger partial charge in [-0.2, -0.15) is 4.98 Å². The van der Waals surface area contributed by atoms with Gasteiger partial charge in [0.25, 0.3) is 0 Å². The summed E-state index contributed by atoms with van der Waals surface area (Å²) in [4.78, 5) is 26.2. The molecule has 0 bridgehead atoms. The van der Waals surface area contributed by atoms with Crippen LogP contribution in [0.2, 0.25) is 0 Å². The highest BCUT2D eigenvalue weighted by atomic mass is 16.2. The maximum Gasteiger partial charge on any atom is 0.319 e. The number of carbonyl (C=O) groups excluding carboxylic acids is 1. The number of primary amides is 1. The van der Waals surface area contributed by atoms with Crippen LogP contribution in [0.15, 0.2) is 18.2 Å². The predicted molar refractivity (Wildman–Crippen MR) is 138 cm³/mol. The number of nitrogens with one attached hydrogen (secondary N) is 1. The van der Waals surface area contributed by atoms with E-state index in [9.17, 15) is 4.79 Å². The molecular weight excluding hydrogens is 426 g/mol. The zero-order valence-electron chi connectivity index (χ0n) is 20.8. The number of amides is 2. The van der Waals surface area contributed by atoms with Crippen molar-refractivity contribution in [1.29, 1.82) is 0 Å². The van der Waals surface area contributed by atoms with Gasteiger partial charge in [-0.15, -0.1) is 0 Å². The van der Waals surface area contributed by atoms with Crippen molar-refractivity contribution in [3.8, 4) is 0 Å². The molecule has 0 atom stereocenters. The van der Waals surface area contributed by atoms with E-state index in [-0.39, 0.29) is 12.1 Å². The Hall–Kier alpha value is -2.87. The van der Waals surface area contributed by atoms with E-state index < -0.39 is 6.03 Å². The summed E-state index contributed by atoms with van der Waals surface area (Å²) in [7, 11) is 4.10. The van der Waals surface area contributed by atoms with E-state index in [4.69, 9.17) is 21.4 Å². The molecule has 0 spiro atoms. The van der Waals surface area contributed by atoms with Gasteiger partial charge in [-0.25, -0.2) is 9.78 Å². The fourth-order valence-electron chi connectivity index (χ4n) is 5.55. The highest BCUT2D eigenvalue weighted by Gasteiger charge is 2.31. The lowest BCUT2D eigenvalue weighted by Gasteiger charge is -2.38. The molecule has 34 heavy (non-hydrogen) atoms. The van der Waals surface area contributed by atoms with Crippen LogP contribution in [0.4, 0.5) is 22.2 Å². The predicted octanol–water partition coefficient (Wildman–Crippen LogP) is 3.75. The van der Waals surface area contributed by atoms with Gasteiger partial charge in [0.05, 0.1) is 11.4 Å². The van der Waals surface area contributed by atoms with Crippen LogP contribution in [-0.4, -0.2) is 42.2 Å². The van der Waals surface area contributed by atoms with Crippen molar-refractivity contribution in [1.82, 2.24) is 9.97 Å². The lowest BCUT2D eigenvalue weighted by atomic mass is 9.89. The summed E-state index contributed by atoms with van der Waals surface area (Å²) in [5.41, 5.74) is 17.4. The average molecular weight is 466 g/mol. The number of nitrogens with zero attached hydrogens (tertiary/aromatic N) is 4. The van der Waals surface area contributed by atoms with Crippen LogP contribution >= 0.6 is 0 Å². The molecule has 2 aliphatic rings. The minimum Gasteiger partial charge on any atom is -0.362 e. The maximum atomic E-state index is 12.6. The van der Waals surface area contributed by atoms with E-state index in [1.165, 1.54) is 24.1 Å². The van der Waals surface area contributed by atoms with Crippen LogP contribution in [-0.2, 0) is 25.8 Å². The van der Waals surface area contributed by atoms with Gasteiger partial charge in [-0.1, -0.05) is 25.1 Å². The van der Waals surface area contributed by atoms with Crippen LogP contribution in [0, 0.1) is 0 Å². The Bertz CT molecular complexity index is 992. The number of para-hydroxylation sites is 1. The SMILES string of the molecule is CCc1cccc(CN)c1N(C(N)=O)[C@H]1CC[C@@H](Nc2nc3c(c(N(C)C)n2)CCCC3)CC1. The first-order valence-corrected chi connectivity index (χ1v) is 12.7. The lowest BCUT2D eigenvalue weighted by molar-refractivity contribution is 0.248. The molecule has 1 heterocycles. The molecule has 4 rings (SSSR count). The van der Waals surface area contributed by atoms with E-state index in [0.717, 1.165) is 73.5 Å². The molecule has 0 saturated heterocycles. The number of aryl methyl sites for hydroxylation is 2. The van der Waals surface area contributed by atoms with Crippen LogP contribution in [0.1, 0.15) is 67.8 Å². The van der Waals surface area contributed by atoms with Crippen molar-refractivity contribution in [3.05, 3.63) is 40.6 Å². The first kappa shape index (κ1) is 24.3. The third-order valence-corrected chi connectivity index (χ3v) is 7.26. The van der Waals surface area contributed by atoms with Crippen LogP contribution < -0.4 is 26.6 Å². The van der Waals surface area contributed by atoms with E-state index in [0.29, 0.717) is 6.54 Å². The van der Waals surface area contributed by atoms with Gasteiger partial charge >= 0.3 is 6.03 Å². The molecule has 1 saturated carbocycles. The molecule has 184 valence electrons. The van der Waals surface area contributed by atoms with Gasteiger partial charge in [-0.3, -0.25) is 4.90 Å². The van der Waals surface area contributed by atoms with Crippen molar-refractivity contribution >= 4 is 23.5 Å². The summed E-state index contributed by atoms with van der Waals surface area (Å²) in [6.45, 7) is 2.48. The number of nitrogens with two attached hydrogens (primary N) is 2. The number of hydrogen-bond donors (Lipinski definition) is 3. The summed E-state index contributed by atoms with van der Waals surface area (Å²) in [6.07, 6.45) is 8.90. The molecule has 2 aliphatic carbocycles. The van der Waals surface area contributed by atoms with E-state index in [1.807, 2.05) is 26.2 Å². The minimum absolute atomic E-state index is 0.0651. The summed E-state index contributed by atoms with van der Waals surface area (Å²) in [5, 5.41) is 3.60. The van der Waals surface area contributed by atoms with Crippen molar-refractivity contribution in [2.45, 2.75) is 83.3 Å².